The van der Waals surface area contributed by atoms with Gasteiger partial charge in [-0.2, -0.15) is 0 Å². The van der Waals surface area contributed by atoms with Crippen LogP contribution < -0.4 is 0 Å². The highest BCUT2D eigenvalue weighted by atomic mass is 16.3. The minimum Gasteiger partial charge on any atom is -0.511 e. The van der Waals surface area contributed by atoms with Crippen LogP contribution >= 0.6 is 0 Å². The Morgan fingerprint density at radius 1 is 0.853 bits per heavy atom. The lowest BCUT2D eigenvalue weighted by Gasteiger charge is -2.37. The second-order valence-electron chi connectivity index (χ2n) is 10.2. The summed E-state index contributed by atoms with van der Waals surface area (Å²) >= 11 is 0. The number of aliphatic hydroxyl groups is 1. The van der Waals surface area contributed by atoms with Crippen LogP contribution in [-0.2, 0) is 11.8 Å². The third-order valence-corrected chi connectivity index (χ3v) is 6.65. The summed E-state index contributed by atoms with van der Waals surface area (Å²) in [6.07, 6.45) is 8.85. The molecule has 0 bridgehead atoms. The summed E-state index contributed by atoms with van der Waals surface area (Å²) in [5.74, 6) is -0.683. The monoisotopic (exact) mass is 460 g/mol. The van der Waals surface area contributed by atoms with Gasteiger partial charge in [0.2, 0.25) is 0 Å². The van der Waals surface area contributed by atoms with Crippen molar-refractivity contribution in [2.75, 3.05) is 0 Å². The Labute approximate surface area is 202 Å². The lowest BCUT2D eigenvalue weighted by atomic mass is 9.66. The van der Waals surface area contributed by atoms with Crippen LogP contribution in [0.3, 0.4) is 0 Å². The number of hydrogen-bond donors (Lipinski definition) is 3. The molecular weight excluding hydrogens is 424 g/mol. The molecule has 0 spiro atoms. The fourth-order valence-electron chi connectivity index (χ4n) is 4.64. The molecule has 0 radical (unpaired) electrons. The molecule has 4 heteroatoms. The topological polar surface area (TPSA) is 77.8 Å². The van der Waals surface area contributed by atoms with Crippen LogP contribution in [0.2, 0.25) is 0 Å². The van der Waals surface area contributed by atoms with E-state index >= 15 is 0 Å². The van der Waals surface area contributed by atoms with Crippen molar-refractivity contribution < 1.29 is 20.1 Å². The Morgan fingerprint density at radius 3 is 1.94 bits per heavy atom. The number of phenols is 2. The minimum atomic E-state index is -0.881. The smallest absolute Gasteiger partial charge is 0.193 e. The average Bonchev–Trinajstić information content (AvgIpc) is 2.72. The van der Waals surface area contributed by atoms with E-state index < -0.39 is 11.2 Å². The number of aromatic hydroxyl groups is 2. The van der Waals surface area contributed by atoms with Gasteiger partial charge in [0.25, 0.3) is 0 Å². The van der Waals surface area contributed by atoms with Crippen molar-refractivity contribution in [2.24, 2.45) is 0 Å². The number of aliphatic hydroxyl groups excluding tert-OH is 1. The summed E-state index contributed by atoms with van der Waals surface area (Å²) in [5, 5.41) is 34.6. The molecule has 34 heavy (non-hydrogen) atoms. The maximum Gasteiger partial charge on any atom is 0.193 e. The first kappa shape index (κ1) is 25.4. The van der Waals surface area contributed by atoms with Gasteiger partial charge in [0, 0.05) is 11.6 Å². The van der Waals surface area contributed by atoms with E-state index in [0.717, 1.165) is 27.8 Å². The van der Waals surface area contributed by atoms with Gasteiger partial charge in [-0.15, -0.1) is 0 Å². The lowest BCUT2D eigenvalue weighted by Crippen LogP contribution is -2.34. The Kier molecular flexibility index (Phi) is 7.11. The summed E-state index contributed by atoms with van der Waals surface area (Å²) in [7, 11) is 0. The number of phenolic OH excluding ortho intramolecular Hbond substituents is 2. The predicted molar refractivity (Wildman–Crippen MR) is 140 cm³/mol. The second-order valence-corrected chi connectivity index (χ2v) is 10.2. The van der Waals surface area contributed by atoms with Crippen molar-refractivity contribution in [1.29, 1.82) is 0 Å². The first-order chi connectivity index (χ1) is 15.9. The van der Waals surface area contributed by atoms with E-state index in [2.05, 4.69) is 12.2 Å². The number of aryl methyl sites for hydroxylation is 1. The van der Waals surface area contributed by atoms with Crippen molar-refractivity contribution >= 4 is 16.6 Å². The van der Waals surface area contributed by atoms with Crippen molar-refractivity contribution in [3.8, 4) is 11.5 Å². The van der Waals surface area contributed by atoms with Crippen molar-refractivity contribution in [1.82, 2.24) is 0 Å². The van der Waals surface area contributed by atoms with Crippen molar-refractivity contribution in [3.05, 3.63) is 81.2 Å². The molecule has 1 aliphatic rings. The first-order valence-electron chi connectivity index (χ1n) is 11.8. The number of carbonyl (C=O) groups is 1. The summed E-state index contributed by atoms with van der Waals surface area (Å²) in [4.78, 5) is 13.1. The Hall–Kier alpha value is -3.27. The van der Waals surface area contributed by atoms with E-state index in [1.165, 1.54) is 6.08 Å². The normalized spacial score (nSPS) is 14.3. The van der Waals surface area contributed by atoms with E-state index in [4.69, 9.17) is 0 Å². The van der Waals surface area contributed by atoms with Crippen LogP contribution in [0.25, 0.3) is 10.8 Å². The zero-order valence-corrected chi connectivity index (χ0v) is 21.3. The minimum absolute atomic E-state index is 0.000118. The van der Waals surface area contributed by atoms with Crippen LogP contribution in [0.1, 0.15) is 81.4 Å². The van der Waals surface area contributed by atoms with Gasteiger partial charge >= 0.3 is 0 Å². The largest absolute Gasteiger partial charge is 0.511 e. The van der Waals surface area contributed by atoms with E-state index in [0.29, 0.717) is 30.2 Å². The molecule has 2 aromatic carbocycles. The molecule has 1 aliphatic carbocycles. The van der Waals surface area contributed by atoms with Crippen LogP contribution in [0.5, 0.6) is 11.5 Å². The highest BCUT2D eigenvalue weighted by Gasteiger charge is 2.43. The Balaban J connectivity index is 2.40. The third-order valence-electron chi connectivity index (χ3n) is 6.65. The fraction of sp³-hybridized carbons (Fsp3) is 0.367. The number of hydrogen-bond acceptors (Lipinski definition) is 4. The molecule has 2 aromatic rings. The molecular formula is C30H36O4. The molecule has 0 amide bonds. The summed E-state index contributed by atoms with van der Waals surface area (Å²) in [6, 6.07) is 3.80. The number of benzene rings is 2. The van der Waals surface area contributed by atoms with Crippen LogP contribution in [0, 0.1) is 6.92 Å². The Morgan fingerprint density at radius 2 is 1.41 bits per heavy atom. The second kappa shape index (κ2) is 9.54. The fourth-order valence-corrected chi connectivity index (χ4v) is 4.64. The van der Waals surface area contributed by atoms with Gasteiger partial charge in [0.05, 0.1) is 16.4 Å². The van der Waals surface area contributed by atoms with Gasteiger partial charge in [-0.1, -0.05) is 41.0 Å². The third kappa shape index (κ3) is 4.54. The van der Waals surface area contributed by atoms with Crippen molar-refractivity contribution in [3.63, 3.8) is 0 Å². The number of allylic oxidation sites excluding steroid dienone is 8. The zero-order valence-electron chi connectivity index (χ0n) is 21.3. The van der Waals surface area contributed by atoms with Gasteiger partial charge in [-0.25, -0.2) is 0 Å². The highest BCUT2D eigenvalue weighted by Crippen LogP contribution is 2.50. The summed E-state index contributed by atoms with van der Waals surface area (Å²) in [5.41, 5.74) is 4.83. The molecule has 4 nitrogen and oxygen atoms in total. The molecule has 3 rings (SSSR count). The summed E-state index contributed by atoms with van der Waals surface area (Å²) < 4.78 is 0. The van der Waals surface area contributed by atoms with Gasteiger partial charge in [-0.3, -0.25) is 4.79 Å². The highest BCUT2D eigenvalue weighted by molar-refractivity contribution is 6.14. The number of ketones is 1. The predicted octanol–water partition coefficient (Wildman–Crippen LogP) is 7.66. The van der Waals surface area contributed by atoms with E-state index in [-0.39, 0.29) is 28.2 Å². The molecule has 0 aromatic heterocycles. The number of carbonyl (C=O) groups excluding carboxylic acids is 1. The average molecular weight is 461 g/mol. The quantitative estimate of drug-likeness (QED) is 0.387. The molecule has 0 unspecified atom stereocenters. The van der Waals surface area contributed by atoms with Crippen LogP contribution in [0.4, 0.5) is 0 Å². The van der Waals surface area contributed by atoms with Gasteiger partial charge in [0.15, 0.2) is 5.78 Å². The lowest BCUT2D eigenvalue weighted by molar-refractivity contribution is 0.102. The molecule has 0 fully saturated rings. The molecule has 0 saturated heterocycles. The maximum absolute atomic E-state index is 13.1. The van der Waals surface area contributed by atoms with Crippen LogP contribution in [-0.4, -0.2) is 21.1 Å². The molecule has 0 atom stereocenters. The molecule has 180 valence electrons. The number of fused-ring (bicyclic) bond motifs is 2. The van der Waals surface area contributed by atoms with E-state index in [1.54, 1.807) is 0 Å². The zero-order chi connectivity index (χ0) is 25.4. The van der Waals surface area contributed by atoms with Gasteiger partial charge in [-0.05, 0) is 90.3 Å². The molecule has 0 heterocycles. The molecule has 3 N–H and O–H groups in total. The molecule has 0 aliphatic heterocycles. The summed E-state index contributed by atoms with van der Waals surface area (Å²) in [6.45, 7) is 13.9. The standard InChI is InChI=1S/C30H36O4/c1-17(2)8-9-22-20(7)14-21-15-23-27(29(34)26(21)28(22)33)24(31)16-25(32)30(23,12-10-18(3)4)13-11-19(5)6/h8,10-11,14-16,32-34H,9,12-13H2,1-7H3. The number of rotatable bonds is 6. The molecule has 0 saturated carbocycles. The van der Waals surface area contributed by atoms with E-state index in [9.17, 15) is 20.1 Å². The van der Waals surface area contributed by atoms with E-state index in [1.807, 2.05) is 66.7 Å². The van der Waals surface area contributed by atoms with Gasteiger partial charge in [0.1, 0.15) is 17.3 Å². The Bertz CT molecular complexity index is 1250. The SMILES string of the molecule is CC(C)=CCc1c(C)cc2cc3c(c(O)c2c1O)C(=O)C=C(O)C3(CC=C(C)C)CC=C(C)C. The van der Waals surface area contributed by atoms with Crippen molar-refractivity contribution in [2.45, 2.75) is 73.1 Å². The maximum atomic E-state index is 13.1. The first-order valence-corrected chi connectivity index (χ1v) is 11.8. The van der Waals surface area contributed by atoms with Gasteiger partial charge < -0.3 is 15.3 Å². The van der Waals surface area contributed by atoms with Crippen LogP contribution in [0.15, 0.2) is 58.9 Å².